The number of carbonyl (C=O) groups is 3. The molecule has 0 aliphatic carbocycles. The fourth-order valence-corrected chi connectivity index (χ4v) is 2.27. The van der Waals surface area contributed by atoms with Crippen LogP contribution in [0, 0.1) is 0 Å². The van der Waals surface area contributed by atoms with E-state index in [1.807, 2.05) is 0 Å². The lowest BCUT2D eigenvalue weighted by molar-refractivity contribution is -0.146. The first-order valence-corrected chi connectivity index (χ1v) is 7.32. The molecule has 0 aromatic heterocycles. The number of carbonyl (C=O) groups excluding carboxylic acids is 2. The van der Waals surface area contributed by atoms with Crippen LogP contribution < -0.4 is 15.4 Å². The number of anilines is 1. The SMILES string of the molecule is COc1ccccc1NC(CCCCC=O)(NC(C)=O)C(=O)O. The summed E-state index contributed by atoms with van der Waals surface area (Å²) in [6, 6.07) is 6.85. The molecule has 1 aromatic rings. The van der Waals surface area contributed by atoms with Crippen molar-refractivity contribution in [3.05, 3.63) is 24.3 Å². The van der Waals surface area contributed by atoms with Gasteiger partial charge in [-0.05, 0) is 25.0 Å². The van der Waals surface area contributed by atoms with Gasteiger partial charge in [0, 0.05) is 19.8 Å². The molecule has 0 saturated carbocycles. The Hall–Kier alpha value is -2.57. The number of benzene rings is 1. The molecular formula is C16H22N2O5. The van der Waals surface area contributed by atoms with Crippen LogP contribution >= 0.6 is 0 Å². The number of nitrogens with one attached hydrogen (secondary N) is 2. The zero-order valence-electron chi connectivity index (χ0n) is 13.3. The second-order valence-electron chi connectivity index (χ2n) is 5.13. The zero-order valence-corrected chi connectivity index (χ0v) is 13.3. The molecule has 0 aliphatic heterocycles. The van der Waals surface area contributed by atoms with Crippen LogP contribution in [-0.2, 0) is 14.4 Å². The van der Waals surface area contributed by atoms with Crippen molar-refractivity contribution in [3.63, 3.8) is 0 Å². The van der Waals surface area contributed by atoms with E-state index < -0.39 is 17.5 Å². The molecule has 7 heteroatoms. The quantitative estimate of drug-likeness (QED) is 0.344. The number of hydrogen-bond acceptors (Lipinski definition) is 5. The predicted octanol–water partition coefficient (Wildman–Crippen LogP) is 1.78. The minimum atomic E-state index is -1.66. The van der Waals surface area contributed by atoms with Crippen molar-refractivity contribution in [1.29, 1.82) is 0 Å². The highest BCUT2D eigenvalue weighted by Gasteiger charge is 2.39. The molecule has 1 atom stereocenters. The van der Waals surface area contributed by atoms with E-state index in [0.29, 0.717) is 30.7 Å². The van der Waals surface area contributed by atoms with Crippen molar-refractivity contribution in [2.45, 2.75) is 38.3 Å². The smallest absolute Gasteiger partial charge is 0.350 e. The number of methoxy groups -OCH3 is 1. The van der Waals surface area contributed by atoms with Crippen LogP contribution in [-0.4, -0.2) is 36.0 Å². The van der Waals surface area contributed by atoms with E-state index >= 15 is 0 Å². The molecule has 3 N–H and O–H groups in total. The Kier molecular flexibility index (Phi) is 7.05. The number of carboxylic acid groups (broad SMARTS) is 1. The molecule has 0 radical (unpaired) electrons. The maximum absolute atomic E-state index is 11.8. The number of hydrogen-bond donors (Lipinski definition) is 3. The van der Waals surface area contributed by atoms with E-state index in [2.05, 4.69) is 10.6 Å². The summed E-state index contributed by atoms with van der Waals surface area (Å²) in [7, 11) is 1.48. The summed E-state index contributed by atoms with van der Waals surface area (Å²) >= 11 is 0. The van der Waals surface area contributed by atoms with Crippen molar-refractivity contribution in [2.24, 2.45) is 0 Å². The predicted molar refractivity (Wildman–Crippen MR) is 85.3 cm³/mol. The fraction of sp³-hybridized carbons (Fsp3) is 0.438. The molecule has 0 aliphatic rings. The van der Waals surface area contributed by atoms with Gasteiger partial charge in [-0.3, -0.25) is 4.79 Å². The first kappa shape index (κ1) is 18.5. The van der Waals surface area contributed by atoms with Crippen LogP contribution in [0.25, 0.3) is 0 Å². The molecule has 1 amide bonds. The van der Waals surface area contributed by atoms with Crippen LogP contribution in [0.1, 0.15) is 32.6 Å². The topological polar surface area (TPSA) is 105 Å². The summed E-state index contributed by atoms with van der Waals surface area (Å²) in [6.45, 7) is 1.26. The molecule has 0 saturated heterocycles. The van der Waals surface area contributed by atoms with Crippen molar-refractivity contribution < 1.29 is 24.2 Å². The fourth-order valence-electron chi connectivity index (χ4n) is 2.27. The standard InChI is InChI=1S/C16H22N2O5/c1-12(20)17-16(15(21)22,10-6-3-7-11-19)18-13-8-4-5-9-14(13)23-2/h4-5,8-9,11,18H,3,6-7,10H2,1-2H3,(H,17,20)(H,21,22). The van der Waals surface area contributed by atoms with Gasteiger partial charge in [-0.2, -0.15) is 0 Å². The van der Waals surface area contributed by atoms with Gasteiger partial charge in [-0.25, -0.2) is 4.79 Å². The molecule has 23 heavy (non-hydrogen) atoms. The third-order valence-electron chi connectivity index (χ3n) is 3.33. The average Bonchev–Trinajstić information content (AvgIpc) is 2.51. The maximum atomic E-state index is 11.8. The van der Waals surface area contributed by atoms with Crippen LogP contribution in [0.3, 0.4) is 0 Å². The summed E-state index contributed by atoms with van der Waals surface area (Å²) in [5.41, 5.74) is -1.20. The van der Waals surface area contributed by atoms with Crippen molar-refractivity contribution in [2.75, 3.05) is 12.4 Å². The molecule has 0 fully saturated rings. The van der Waals surface area contributed by atoms with Crippen LogP contribution in [0.4, 0.5) is 5.69 Å². The average molecular weight is 322 g/mol. The van der Waals surface area contributed by atoms with E-state index in [4.69, 9.17) is 4.74 Å². The Bertz CT molecular complexity index is 561. The summed E-state index contributed by atoms with van der Waals surface area (Å²) in [5.74, 6) is -1.20. The third-order valence-corrected chi connectivity index (χ3v) is 3.33. The second-order valence-corrected chi connectivity index (χ2v) is 5.13. The molecule has 0 heterocycles. The van der Waals surface area contributed by atoms with Gasteiger partial charge < -0.3 is 25.3 Å². The number of unbranched alkanes of at least 4 members (excludes halogenated alkanes) is 2. The molecule has 1 rings (SSSR count). The first-order valence-electron chi connectivity index (χ1n) is 7.32. The van der Waals surface area contributed by atoms with E-state index in [9.17, 15) is 19.5 Å². The van der Waals surface area contributed by atoms with Crippen LogP contribution in [0.2, 0.25) is 0 Å². The molecule has 1 aromatic carbocycles. The van der Waals surface area contributed by atoms with Gasteiger partial charge >= 0.3 is 5.97 Å². The van der Waals surface area contributed by atoms with E-state index in [1.54, 1.807) is 24.3 Å². The van der Waals surface area contributed by atoms with Gasteiger partial charge in [0.15, 0.2) is 0 Å². The Balaban J connectivity index is 3.07. The number of aldehydes is 1. The Morgan fingerprint density at radius 1 is 1.30 bits per heavy atom. The number of aliphatic carboxylic acids is 1. The van der Waals surface area contributed by atoms with Crippen LogP contribution in [0.15, 0.2) is 24.3 Å². The monoisotopic (exact) mass is 322 g/mol. The number of ether oxygens (including phenoxy) is 1. The molecule has 0 bridgehead atoms. The van der Waals surface area contributed by atoms with E-state index in [-0.39, 0.29) is 6.42 Å². The van der Waals surface area contributed by atoms with Gasteiger partial charge in [-0.15, -0.1) is 0 Å². The third kappa shape index (κ3) is 5.28. The van der Waals surface area contributed by atoms with Gasteiger partial charge in [0.05, 0.1) is 12.8 Å². The van der Waals surface area contributed by atoms with Crippen molar-refractivity contribution in [1.82, 2.24) is 5.32 Å². The Morgan fingerprint density at radius 3 is 2.57 bits per heavy atom. The lowest BCUT2D eigenvalue weighted by Gasteiger charge is -2.32. The van der Waals surface area contributed by atoms with Crippen LogP contribution in [0.5, 0.6) is 5.75 Å². The molecule has 126 valence electrons. The second kappa shape index (κ2) is 8.77. The molecular weight excluding hydrogens is 300 g/mol. The summed E-state index contributed by atoms with van der Waals surface area (Å²) in [5, 5.41) is 15.0. The lowest BCUT2D eigenvalue weighted by atomic mass is 10.0. The maximum Gasteiger partial charge on any atom is 0.350 e. The molecule has 1 unspecified atom stereocenters. The number of rotatable bonds is 10. The number of para-hydroxylation sites is 2. The largest absolute Gasteiger partial charge is 0.495 e. The minimum absolute atomic E-state index is 0.133. The Morgan fingerprint density at radius 2 is 2.00 bits per heavy atom. The zero-order chi connectivity index (χ0) is 17.3. The van der Waals surface area contributed by atoms with Crippen molar-refractivity contribution in [3.8, 4) is 5.75 Å². The van der Waals surface area contributed by atoms with E-state index in [0.717, 1.165) is 6.29 Å². The summed E-state index contributed by atoms with van der Waals surface area (Å²) < 4.78 is 5.20. The highest BCUT2D eigenvalue weighted by molar-refractivity contribution is 5.88. The highest BCUT2D eigenvalue weighted by atomic mass is 16.5. The van der Waals surface area contributed by atoms with E-state index in [1.165, 1.54) is 14.0 Å². The van der Waals surface area contributed by atoms with Gasteiger partial charge in [-0.1, -0.05) is 12.1 Å². The normalized spacial score (nSPS) is 12.8. The Labute approximate surface area is 135 Å². The molecule has 0 spiro atoms. The molecule has 7 nitrogen and oxygen atoms in total. The summed E-state index contributed by atoms with van der Waals surface area (Å²) in [6.07, 6.45) is 2.28. The lowest BCUT2D eigenvalue weighted by Crippen LogP contribution is -2.59. The first-order chi connectivity index (χ1) is 10.9. The van der Waals surface area contributed by atoms with Gasteiger partial charge in [0.25, 0.3) is 0 Å². The van der Waals surface area contributed by atoms with Gasteiger partial charge in [0.1, 0.15) is 12.0 Å². The number of carboxylic acids is 1. The van der Waals surface area contributed by atoms with Gasteiger partial charge in [0.2, 0.25) is 11.6 Å². The number of amides is 1. The summed E-state index contributed by atoms with van der Waals surface area (Å²) in [4.78, 5) is 33.7. The minimum Gasteiger partial charge on any atom is -0.495 e. The van der Waals surface area contributed by atoms with Crippen molar-refractivity contribution >= 4 is 23.9 Å². The highest BCUT2D eigenvalue weighted by Crippen LogP contribution is 2.28.